The minimum atomic E-state index is -0.0158. The minimum Gasteiger partial charge on any atom is -0.376 e. The van der Waals surface area contributed by atoms with Crippen LogP contribution < -0.4 is 16.2 Å². The molecule has 6 heteroatoms. The fourth-order valence-corrected chi connectivity index (χ4v) is 2.66. The Kier molecular flexibility index (Phi) is 11.5. The summed E-state index contributed by atoms with van der Waals surface area (Å²) in [5.41, 5.74) is 5.37. The first-order chi connectivity index (χ1) is 11.2. The van der Waals surface area contributed by atoms with Crippen molar-refractivity contribution >= 4 is 23.2 Å². The number of hydrogen-bond acceptors (Lipinski definition) is 3. The molecule has 5 nitrogen and oxygen atoms in total. The molecule has 0 aliphatic carbocycles. The number of unbranched alkanes of at least 4 members (excludes halogenated alkanes) is 6. The zero-order chi connectivity index (χ0) is 16.8. The number of rotatable bonds is 11. The fraction of sp³-hybridized carbons (Fsp3) is 0.765. The lowest BCUT2D eigenvalue weighted by molar-refractivity contribution is -0.121. The molecule has 0 bridgehead atoms. The zero-order valence-corrected chi connectivity index (χ0v) is 14.9. The number of hydrazine groups is 1. The second-order valence-electron chi connectivity index (χ2n) is 5.97. The number of nitrogens with one attached hydrogen (secondary N) is 3. The summed E-state index contributed by atoms with van der Waals surface area (Å²) in [6, 6.07) is 0. The van der Waals surface area contributed by atoms with E-state index in [1.54, 1.807) is 0 Å². The first-order valence-electron chi connectivity index (χ1n) is 8.77. The van der Waals surface area contributed by atoms with Crippen molar-refractivity contribution in [2.45, 2.75) is 70.3 Å². The Balaban J connectivity index is 1.89. The lowest BCUT2D eigenvalue weighted by Crippen LogP contribution is -2.48. The predicted molar refractivity (Wildman–Crippen MR) is 98.0 cm³/mol. The van der Waals surface area contributed by atoms with Gasteiger partial charge in [-0.1, -0.05) is 31.8 Å². The molecule has 132 valence electrons. The Morgan fingerprint density at radius 3 is 2.61 bits per heavy atom. The van der Waals surface area contributed by atoms with Gasteiger partial charge in [0, 0.05) is 19.6 Å². The van der Waals surface area contributed by atoms with Gasteiger partial charge in [-0.3, -0.25) is 15.6 Å². The van der Waals surface area contributed by atoms with Crippen LogP contribution in [0.5, 0.6) is 0 Å². The maximum atomic E-state index is 11.7. The number of ether oxygens (including phenoxy) is 1. The summed E-state index contributed by atoms with van der Waals surface area (Å²) in [6.45, 7) is 5.24. The molecule has 1 aliphatic heterocycles. The molecule has 1 amide bonds. The van der Waals surface area contributed by atoms with Crippen molar-refractivity contribution in [3.8, 4) is 0 Å². The Hall–Kier alpha value is -1.14. The van der Waals surface area contributed by atoms with Crippen molar-refractivity contribution in [1.29, 1.82) is 0 Å². The molecule has 0 radical (unpaired) electrons. The lowest BCUT2D eigenvalue weighted by atomic mass is 10.1. The van der Waals surface area contributed by atoms with E-state index < -0.39 is 0 Å². The second-order valence-corrected chi connectivity index (χ2v) is 6.38. The van der Waals surface area contributed by atoms with E-state index in [4.69, 9.17) is 17.0 Å². The Bertz CT molecular complexity index is 358. The van der Waals surface area contributed by atoms with Gasteiger partial charge in [0.05, 0.1) is 6.10 Å². The van der Waals surface area contributed by atoms with Gasteiger partial charge in [0.2, 0.25) is 5.91 Å². The molecule has 3 N–H and O–H groups in total. The van der Waals surface area contributed by atoms with E-state index in [2.05, 4.69) is 22.7 Å². The number of carbonyl (C=O) groups is 1. The van der Waals surface area contributed by atoms with Crippen molar-refractivity contribution in [3.63, 3.8) is 0 Å². The van der Waals surface area contributed by atoms with Crippen molar-refractivity contribution < 1.29 is 9.53 Å². The van der Waals surface area contributed by atoms with E-state index >= 15 is 0 Å². The van der Waals surface area contributed by atoms with Crippen LogP contribution in [-0.2, 0) is 9.53 Å². The smallest absolute Gasteiger partial charge is 0.238 e. The van der Waals surface area contributed by atoms with Gasteiger partial charge in [0.25, 0.3) is 0 Å². The van der Waals surface area contributed by atoms with Crippen molar-refractivity contribution in [1.82, 2.24) is 16.2 Å². The van der Waals surface area contributed by atoms with Gasteiger partial charge in [-0.05, 0) is 44.3 Å². The monoisotopic (exact) mass is 341 g/mol. The van der Waals surface area contributed by atoms with Gasteiger partial charge in [-0.2, -0.15) is 0 Å². The van der Waals surface area contributed by atoms with Gasteiger partial charge in [-0.25, -0.2) is 0 Å². The quantitative estimate of drug-likeness (QED) is 0.233. The van der Waals surface area contributed by atoms with Crippen LogP contribution in [0.4, 0.5) is 0 Å². The van der Waals surface area contributed by atoms with Gasteiger partial charge in [0.15, 0.2) is 5.11 Å². The first kappa shape index (κ1) is 19.9. The molecule has 0 aromatic carbocycles. The Labute approximate surface area is 145 Å². The molecule has 1 heterocycles. The standard InChI is InChI=1S/C17H31N3O2S/c1-2-3-4-5-6-7-8-9-12-16(21)19-20-17(23)18-14-15-11-10-13-22-15/h2,15H,1,3-14H2,(H,19,21)(H2,18,20,23)/t15-/m0/s1. The van der Waals surface area contributed by atoms with Gasteiger partial charge in [-0.15, -0.1) is 6.58 Å². The third-order valence-corrected chi connectivity index (χ3v) is 4.14. The molecule has 0 aromatic heterocycles. The van der Waals surface area contributed by atoms with Crippen molar-refractivity contribution in [2.75, 3.05) is 13.2 Å². The summed E-state index contributed by atoms with van der Waals surface area (Å²) in [7, 11) is 0. The van der Waals surface area contributed by atoms with Gasteiger partial charge >= 0.3 is 0 Å². The highest BCUT2D eigenvalue weighted by Gasteiger charge is 2.15. The number of thiocarbonyl (C=S) groups is 1. The molecule has 1 aliphatic rings. The summed E-state index contributed by atoms with van der Waals surface area (Å²) in [5, 5.41) is 3.50. The van der Waals surface area contributed by atoms with Crippen molar-refractivity contribution in [2.24, 2.45) is 0 Å². The van der Waals surface area contributed by atoms with Gasteiger partial charge < -0.3 is 10.1 Å². The van der Waals surface area contributed by atoms with Crippen LogP contribution in [0, 0.1) is 0 Å². The zero-order valence-electron chi connectivity index (χ0n) is 14.1. The highest BCUT2D eigenvalue weighted by molar-refractivity contribution is 7.80. The van der Waals surface area contributed by atoms with Crippen LogP contribution >= 0.6 is 12.2 Å². The molecule has 0 aromatic rings. The Morgan fingerprint density at radius 2 is 1.91 bits per heavy atom. The van der Waals surface area contributed by atoms with Crippen LogP contribution in [-0.4, -0.2) is 30.3 Å². The topological polar surface area (TPSA) is 62.4 Å². The van der Waals surface area contributed by atoms with Crippen LogP contribution in [0.25, 0.3) is 0 Å². The summed E-state index contributed by atoms with van der Waals surface area (Å²) < 4.78 is 5.49. The number of allylic oxidation sites excluding steroid dienone is 1. The average molecular weight is 342 g/mol. The maximum absolute atomic E-state index is 11.7. The van der Waals surface area contributed by atoms with E-state index in [1.165, 1.54) is 25.7 Å². The van der Waals surface area contributed by atoms with Crippen LogP contribution in [0.1, 0.15) is 64.2 Å². The molecule has 0 spiro atoms. The molecule has 1 rings (SSSR count). The highest BCUT2D eigenvalue weighted by Crippen LogP contribution is 2.10. The third-order valence-electron chi connectivity index (χ3n) is 3.89. The first-order valence-corrected chi connectivity index (χ1v) is 9.18. The van der Waals surface area contributed by atoms with E-state index in [-0.39, 0.29) is 12.0 Å². The number of amides is 1. The molecule has 1 fully saturated rings. The molecule has 0 saturated carbocycles. The second kappa shape index (κ2) is 13.3. The normalized spacial score (nSPS) is 16.8. The summed E-state index contributed by atoms with van der Waals surface area (Å²) in [6.07, 6.45) is 13.0. The van der Waals surface area contributed by atoms with E-state index in [9.17, 15) is 4.79 Å². The van der Waals surface area contributed by atoms with E-state index in [0.717, 1.165) is 38.7 Å². The van der Waals surface area contributed by atoms with E-state index in [0.29, 0.717) is 18.1 Å². The average Bonchev–Trinajstić information content (AvgIpc) is 3.07. The molecule has 23 heavy (non-hydrogen) atoms. The third kappa shape index (κ3) is 11.1. The number of carbonyl (C=O) groups excluding carboxylic acids is 1. The molecule has 0 unspecified atom stereocenters. The highest BCUT2D eigenvalue weighted by atomic mass is 32.1. The molecular formula is C17H31N3O2S. The molecule has 1 saturated heterocycles. The largest absolute Gasteiger partial charge is 0.376 e. The molecular weight excluding hydrogens is 310 g/mol. The Morgan fingerprint density at radius 1 is 1.17 bits per heavy atom. The van der Waals surface area contributed by atoms with E-state index in [1.807, 2.05) is 6.08 Å². The van der Waals surface area contributed by atoms with Gasteiger partial charge in [0.1, 0.15) is 0 Å². The van der Waals surface area contributed by atoms with Crippen molar-refractivity contribution in [3.05, 3.63) is 12.7 Å². The summed E-state index contributed by atoms with van der Waals surface area (Å²) in [5.74, 6) is -0.0158. The predicted octanol–water partition coefficient (Wildman–Crippen LogP) is 2.97. The SMILES string of the molecule is C=CCCCCCCCCC(=O)NNC(=S)NC[C@@H]1CCCO1. The van der Waals surface area contributed by atoms with Crippen LogP contribution in [0.3, 0.4) is 0 Å². The van der Waals surface area contributed by atoms with Crippen LogP contribution in [0.15, 0.2) is 12.7 Å². The number of hydrogen-bond donors (Lipinski definition) is 3. The molecule has 1 atom stereocenters. The maximum Gasteiger partial charge on any atom is 0.238 e. The summed E-state index contributed by atoms with van der Waals surface area (Å²) >= 11 is 5.11. The summed E-state index contributed by atoms with van der Waals surface area (Å²) in [4.78, 5) is 11.7. The minimum absolute atomic E-state index is 0.0158. The fourth-order valence-electron chi connectivity index (χ4n) is 2.53. The lowest BCUT2D eigenvalue weighted by Gasteiger charge is -2.14. The van der Waals surface area contributed by atoms with Crippen LogP contribution in [0.2, 0.25) is 0 Å².